The summed E-state index contributed by atoms with van der Waals surface area (Å²) in [4.78, 5) is 31.8. The van der Waals surface area contributed by atoms with Gasteiger partial charge >= 0.3 is 0 Å². The fourth-order valence-corrected chi connectivity index (χ4v) is 4.11. The van der Waals surface area contributed by atoms with Crippen LogP contribution in [0.4, 0.5) is 0 Å². The molecule has 28 heavy (non-hydrogen) atoms. The standard InChI is InChI=1S/C20H25N3O4S/c1-12-18(28-11-22-12)15-6-4-14(5-7-15)9-21-19(25)17-8-16(24)10-23(17)20(26)13(2)27-3/h4-7,11,13,16-17,24H,8-10H2,1-3H3,(H,21,25)/t13?,16-,17+/m1/s1. The number of β-amino-alcohol motifs (C(OH)–C–C–N with tert-alkyl or cyclic N) is 1. The Kier molecular flexibility index (Phi) is 6.43. The van der Waals surface area contributed by atoms with Gasteiger partial charge in [0.15, 0.2) is 0 Å². The molecule has 1 aromatic carbocycles. The lowest BCUT2D eigenvalue weighted by molar-refractivity contribution is -0.146. The Balaban J connectivity index is 1.61. The Morgan fingerprint density at radius 3 is 2.71 bits per heavy atom. The van der Waals surface area contributed by atoms with Gasteiger partial charge in [-0.25, -0.2) is 4.98 Å². The van der Waals surface area contributed by atoms with Crippen LogP contribution in [0.25, 0.3) is 10.4 Å². The largest absolute Gasteiger partial charge is 0.391 e. The van der Waals surface area contributed by atoms with Crippen LogP contribution in [-0.2, 0) is 20.9 Å². The van der Waals surface area contributed by atoms with Crippen molar-refractivity contribution in [2.45, 2.75) is 45.1 Å². The van der Waals surface area contributed by atoms with Crippen molar-refractivity contribution in [3.63, 3.8) is 0 Å². The van der Waals surface area contributed by atoms with Gasteiger partial charge in [0, 0.05) is 26.6 Å². The summed E-state index contributed by atoms with van der Waals surface area (Å²) in [5, 5.41) is 12.8. The van der Waals surface area contributed by atoms with Gasteiger partial charge in [-0.1, -0.05) is 24.3 Å². The third-order valence-corrected chi connectivity index (χ3v) is 5.97. The first-order valence-electron chi connectivity index (χ1n) is 9.19. The maximum atomic E-state index is 12.6. The molecule has 1 aliphatic rings. The molecule has 0 radical (unpaired) electrons. The second-order valence-corrected chi connectivity index (χ2v) is 7.81. The summed E-state index contributed by atoms with van der Waals surface area (Å²) >= 11 is 1.60. The molecule has 3 atom stereocenters. The average Bonchev–Trinajstić information content (AvgIpc) is 3.30. The van der Waals surface area contributed by atoms with Crippen LogP contribution in [0.3, 0.4) is 0 Å². The molecule has 1 aliphatic heterocycles. The first kappa shape index (κ1) is 20.4. The summed E-state index contributed by atoms with van der Waals surface area (Å²) in [5.41, 5.74) is 4.88. The van der Waals surface area contributed by atoms with E-state index in [1.807, 2.05) is 36.7 Å². The topological polar surface area (TPSA) is 91.8 Å². The van der Waals surface area contributed by atoms with Crippen LogP contribution in [0.5, 0.6) is 0 Å². The number of aromatic nitrogens is 1. The molecule has 2 N–H and O–H groups in total. The molecular formula is C20H25N3O4S. The molecule has 1 saturated heterocycles. The van der Waals surface area contributed by atoms with E-state index < -0.39 is 18.2 Å². The second-order valence-electron chi connectivity index (χ2n) is 6.96. The van der Waals surface area contributed by atoms with E-state index in [9.17, 15) is 14.7 Å². The van der Waals surface area contributed by atoms with Crippen molar-refractivity contribution in [2.75, 3.05) is 13.7 Å². The highest BCUT2D eigenvalue weighted by atomic mass is 32.1. The molecule has 150 valence electrons. The highest BCUT2D eigenvalue weighted by Crippen LogP contribution is 2.27. The number of nitrogens with zero attached hydrogens (tertiary/aromatic N) is 2. The minimum atomic E-state index is -0.703. The van der Waals surface area contributed by atoms with Gasteiger partial charge in [0.2, 0.25) is 5.91 Å². The number of aryl methyl sites for hydroxylation is 1. The van der Waals surface area contributed by atoms with Crippen LogP contribution in [-0.4, -0.2) is 58.7 Å². The van der Waals surface area contributed by atoms with E-state index in [2.05, 4.69) is 10.3 Å². The Bertz CT molecular complexity index is 836. The van der Waals surface area contributed by atoms with Crippen LogP contribution >= 0.6 is 11.3 Å². The summed E-state index contributed by atoms with van der Waals surface area (Å²) < 4.78 is 5.06. The number of hydrogen-bond acceptors (Lipinski definition) is 6. The highest BCUT2D eigenvalue weighted by molar-refractivity contribution is 7.13. The molecule has 3 rings (SSSR count). The van der Waals surface area contributed by atoms with Gasteiger partial charge in [0.25, 0.3) is 5.91 Å². The lowest BCUT2D eigenvalue weighted by atomic mass is 10.1. The average molecular weight is 404 g/mol. The van der Waals surface area contributed by atoms with E-state index in [0.29, 0.717) is 6.54 Å². The zero-order valence-electron chi connectivity index (χ0n) is 16.2. The summed E-state index contributed by atoms with van der Waals surface area (Å²) in [7, 11) is 1.45. The normalized spacial score (nSPS) is 20.2. The number of thiazole rings is 1. The molecule has 8 heteroatoms. The van der Waals surface area contributed by atoms with Crippen molar-refractivity contribution in [1.82, 2.24) is 15.2 Å². The quantitative estimate of drug-likeness (QED) is 0.766. The van der Waals surface area contributed by atoms with Crippen LogP contribution in [0.15, 0.2) is 29.8 Å². The molecular weight excluding hydrogens is 378 g/mol. The number of amides is 2. The maximum absolute atomic E-state index is 12.6. The Morgan fingerprint density at radius 1 is 1.39 bits per heavy atom. The number of rotatable bonds is 6. The number of aliphatic hydroxyl groups excluding tert-OH is 1. The van der Waals surface area contributed by atoms with Crippen molar-refractivity contribution >= 4 is 23.2 Å². The molecule has 1 aromatic heterocycles. The summed E-state index contributed by atoms with van der Waals surface area (Å²) in [6, 6.07) is 7.27. The number of carbonyl (C=O) groups is 2. The van der Waals surface area contributed by atoms with Crippen LogP contribution in [0.2, 0.25) is 0 Å². The predicted octanol–water partition coefficient (Wildman–Crippen LogP) is 1.73. The second kappa shape index (κ2) is 8.81. The molecule has 0 saturated carbocycles. The zero-order chi connectivity index (χ0) is 20.3. The van der Waals surface area contributed by atoms with Crippen LogP contribution in [0, 0.1) is 6.92 Å². The van der Waals surface area contributed by atoms with Gasteiger partial charge in [-0.15, -0.1) is 11.3 Å². The Labute approximate surface area is 168 Å². The molecule has 2 amide bonds. The van der Waals surface area contributed by atoms with Gasteiger partial charge in [0.1, 0.15) is 12.1 Å². The third-order valence-electron chi connectivity index (χ3n) is 4.99. The van der Waals surface area contributed by atoms with Crippen molar-refractivity contribution in [1.29, 1.82) is 0 Å². The molecule has 2 heterocycles. The van der Waals surface area contributed by atoms with Crippen molar-refractivity contribution in [3.05, 3.63) is 41.0 Å². The number of carbonyl (C=O) groups excluding carboxylic acids is 2. The molecule has 7 nitrogen and oxygen atoms in total. The molecule has 0 bridgehead atoms. The number of ether oxygens (including phenoxy) is 1. The molecule has 0 aliphatic carbocycles. The lowest BCUT2D eigenvalue weighted by Crippen LogP contribution is -2.48. The zero-order valence-corrected chi connectivity index (χ0v) is 17.0. The Hall–Kier alpha value is -2.29. The van der Waals surface area contributed by atoms with Gasteiger partial charge in [0.05, 0.1) is 22.2 Å². The first-order valence-corrected chi connectivity index (χ1v) is 10.1. The summed E-state index contributed by atoms with van der Waals surface area (Å²) in [5.74, 6) is -0.556. The first-order chi connectivity index (χ1) is 13.4. The minimum Gasteiger partial charge on any atom is -0.391 e. The van der Waals surface area contributed by atoms with E-state index in [1.165, 1.54) is 12.0 Å². The summed E-state index contributed by atoms with van der Waals surface area (Å²) in [6.45, 7) is 4.12. The predicted molar refractivity (Wildman–Crippen MR) is 107 cm³/mol. The van der Waals surface area contributed by atoms with Crippen molar-refractivity contribution < 1.29 is 19.4 Å². The van der Waals surface area contributed by atoms with Gasteiger partial charge in [-0.2, -0.15) is 0 Å². The smallest absolute Gasteiger partial charge is 0.252 e. The van der Waals surface area contributed by atoms with Crippen molar-refractivity contribution in [2.24, 2.45) is 0 Å². The van der Waals surface area contributed by atoms with E-state index >= 15 is 0 Å². The molecule has 1 fully saturated rings. The maximum Gasteiger partial charge on any atom is 0.252 e. The fourth-order valence-electron chi connectivity index (χ4n) is 3.30. The van der Waals surface area contributed by atoms with E-state index in [1.54, 1.807) is 18.3 Å². The van der Waals surface area contributed by atoms with E-state index in [4.69, 9.17) is 4.74 Å². The molecule has 1 unspecified atom stereocenters. The van der Waals surface area contributed by atoms with Crippen LogP contribution in [0.1, 0.15) is 24.6 Å². The third kappa shape index (κ3) is 4.40. The number of benzene rings is 1. The Morgan fingerprint density at radius 2 is 2.11 bits per heavy atom. The number of methoxy groups -OCH3 is 1. The van der Waals surface area contributed by atoms with Gasteiger partial charge < -0.3 is 20.1 Å². The van der Waals surface area contributed by atoms with Crippen LogP contribution < -0.4 is 5.32 Å². The fraction of sp³-hybridized carbons (Fsp3) is 0.450. The number of hydrogen-bond donors (Lipinski definition) is 2. The van der Waals surface area contributed by atoms with Gasteiger partial charge in [-0.3, -0.25) is 9.59 Å². The summed E-state index contributed by atoms with van der Waals surface area (Å²) in [6.07, 6.45) is -1.12. The van der Waals surface area contributed by atoms with E-state index in [-0.39, 0.29) is 24.8 Å². The number of likely N-dealkylation sites (tertiary alicyclic amines) is 1. The monoisotopic (exact) mass is 403 g/mol. The molecule has 0 spiro atoms. The number of aliphatic hydroxyl groups is 1. The minimum absolute atomic E-state index is 0.146. The van der Waals surface area contributed by atoms with Crippen molar-refractivity contribution in [3.8, 4) is 10.4 Å². The lowest BCUT2D eigenvalue weighted by Gasteiger charge is -2.26. The highest BCUT2D eigenvalue weighted by Gasteiger charge is 2.40. The number of nitrogens with one attached hydrogen (secondary N) is 1. The molecule has 2 aromatic rings. The van der Waals surface area contributed by atoms with E-state index in [0.717, 1.165) is 21.7 Å². The SMILES string of the molecule is COC(C)C(=O)N1C[C@H](O)C[C@H]1C(=O)NCc1ccc(-c2scnc2C)cc1. The van der Waals surface area contributed by atoms with Gasteiger partial charge in [-0.05, 0) is 25.0 Å².